The van der Waals surface area contributed by atoms with Gasteiger partial charge in [0.2, 0.25) is 21.8 Å². The monoisotopic (exact) mass is 535 g/mol. The summed E-state index contributed by atoms with van der Waals surface area (Å²) in [5.41, 5.74) is 1.62. The van der Waals surface area contributed by atoms with Crippen LogP contribution in [0.15, 0.2) is 48.5 Å². The van der Waals surface area contributed by atoms with Gasteiger partial charge < -0.3 is 10.2 Å². The predicted molar refractivity (Wildman–Crippen MR) is 147 cm³/mol. The van der Waals surface area contributed by atoms with Crippen LogP contribution in [-0.4, -0.2) is 49.5 Å². The van der Waals surface area contributed by atoms with Crippen LogP contribution in [0.3, 0.4) is 0 Å². The molecule has 0 radical (unpaired) electrons. The van der Waals surface area contributed by atoms with Gasteiger partial charge in [-0.2, -0.15) is 0 Å². The second-order valence-corrected chi connectivity index (χ2v) is 12.6. The molecule has 36 heavy (non-hydrogen) atoms. The van der Waals surface area contributed by atoms with Crippen molar-refractivity contribution in [1.82, 2.24) is 10.2 Å². The lowest BCUT2D eigenvalue weighted by atomic mass is 10.0. The second-order valence-electron chi connectivity index (χ2n) is 10.3. The van der Waals surface area contributed by atoms with Crippen LogP contribution in [0.4, 0.5) is 5.69 Å². The Morgan fingerprint density at radius 2 is 1.61 bits per heavy atom. The molecule has 1 N–H and O–H groups in total. The van der Waals surface area contributed by atoms with Crippen LogP contribution >= 0.6 is 11.6 Å². The number of nitrogens with one attached hydrogen (secondary N) is 1. The SMILES string of the molecule is CC[C@@H](C(=O)NC(C)(C)C)N(Cc1ccccc1Cl)C(=O)CN(c1ccc(C(C)C)cc1)S(C)(=O)=O. The lowest BCUT2D eigenvalue weighted by Crippen LogP contribution is -2.55. The normalized spacial score (nSPS) is 12.8. The van der Waals surface area contributed by atoms with Gasteiger partial charge in [0, 0.05) is 17.1 Å². The lowest BCUT2D eigenvalue weighted by molar-refractivity contribution is -0.141. The number of hydrogen-bond donors (Lipinski definition) is 1. The zero-order valence-corrected chi connectivity index (χ0v) is 23.8. The minimum Gasteiger partial charge on any atom is -0.350 e. The molecule has 2 amide bonds. The second kappa shape index (κ2) is 12.1. The molecule has 198 valence electrons. The van der Waals surface area contributed by atoms with Crippen molar-refractivity contribution in [1.29, 1.82) is 0 Å². The lowest BCUT2D eigenvalue weighted by Gasteiger charge is -2.34. The minimum atomic E-state index is -3.78. The molecule has 0 saturated carbocycles. The largest absolute Gasteiger partial charge is 0.350 e. The molecule has 0 fully saturated rings. The van der Waals surface area contributed by atoms with E-state index in [2.05, 4.69) is 5.32 Å². The standard InChI is InChI=1S/C27H38ClN3O4S/c1-8-24(26(33)29-27(4,5)6)30(17-21-11-9-10-12-23(21)28)25(32)18-31(36(7,34)35)22-15-13-20(14-16-22)19(2)3/h9-16,19,24H,8,17-18H2,1-7H3,(H,29,33)/t24-/m0/s1. The van der Waals surface area contributed by atoms with E-state index in [0.29, 0.717) is 22.7 Å². The van der Waals surface area contributed by atoms with Crippen LogP contribution in [0.1, 0.15) is 65.0 Å². The molecule has 0 unspecified atom stereocenters. The summed E-state index contributed by atoms with van der Waals surface area (Å²) in [7, 11) is -3.78. The van der Waals surface area contributed by atoms with Gasteiger partial charge in [-0.05, 0) is 62.4 Å². The third-order valence-corrected chi connectivity index (χ3v) is 7.22. The summed E-state index contributed by atoms with van der Waals surface area (Å²) in [6, 6.07) is 13.4. The summed E-state index contributed by atoms with van der Waals surface area (Å²) in [5.74, 6) is -0.521. The molecule has 2 aromatic rings. The number of rotatable bonds is 10. The maximum absolute atomic E-state index is 13.7. The van der Waals surface area contributed by atoms with Crippen molar-refractivity contribution in [3.8, 4) is 0 Å². The Morgan fingerprint density at radius 1 is 1.03 bits per heavy atom. The van der Waals surface area contributed by atoms with Crippen LogP contribution in [0, 0.1) is 0 Å². The van der Waals surface area contributed by atoms with Crippen LogP contribution < -0.4 is 9.62 Å². The topological polar surface area (TPSA) is 86.8 Å². The third-order valence-electron chi connectivity index (χ3n) is 5.71. The summed E-state index contributed by atoms with van der Waals surface area (Å²) in [5, 5.41) is 3.40. The van der Waals surface area contributed by atoms with Gasteiger partial charge >= 0.3 is 0 Å². The number of anilines is 1. The highest BCUT2D eigenvalue weighted by atomic mass is 35.5. The van der Waals surface area contributed by atoms with Gasteiger partial charge in [-0.25, -0.2) is 8.42 Å². The molecule has 0 aliphatic heterocycles. The van der Waals surface area contributed by atoms with E-state index in [1.54, 1.807) is 36.4 Å². The summed E-state index contributed by atoms with van der Waals surface area (Å²) in [6.07, 6.45) is 1.42. The summed E-state index contributed by atoms with van der Waals surface area (Å²) in [4.78, 5) is 28.3. The first-order chi connectivity index (χ1) is 16.6. The minimum absolute atomic E-state index is 0.0679. The predicted octanol–water partition coefficient (Wildman–Crippen LogP) is 4.95. The summed E-state index contributed by atoms with van der Waals surface area (Å²) >= 11 is 6.38. The van der Waals surface area contributed by atoms with E-state index in [0.717, 1.165) is 16.1 Å². The Labute approximate surface area is 220 Å². The average molecular weight is 536 g/mol. The van der Waals surface area contributed by atoms with E-state index >= 15 is 0 Å². The zero-order chi connectivity index (χ0) is 27.3. The number of nitrogens with zero attached hydrogens (tertiary/aromatic N) is 2. The van der Waals surface area contributed by atoms with E-state index in [-0.39, 0.29) is 18.4 Å². The number of sulfonamides is 1. The number of carbonyl (C=O) groups excluding carboxylic acids is 2. The maximum atomic E-state index is 13.7. The fourth-order valence-electron chi connectivity index (χ4n) is 3.82. The van der Waals surface area contributed by atoms with Crippen LogP contribution in [-0.2, 0) is 26.2 Å². The van der Waals surface area contributed by atoms with Crippen molar-refractivity contribution in [2.24, 2.45) is 0 Å². The van der Waals surface area contributed by atoms with E-state index < -0.39 is 34.1 Å². The van der Waals surface area contributed by atoms with Gasteiger partial charge in [0.1, 0.15) is 12.6 Å². The van der Waals surface area contributed by atoms with Crippen LogP contribution in [0.5, 0.6) is 0 Å². The van der Waals surface area contributed by atoms with Crippen molar-refractivity contribution >= 4 is 39.1 Å². The fourth-order valence-corrected chi connectivity index (χ4v) is 4.87. The highest BCUT2D eigenvalue weighted by Gasteiger charge is 2.33. The van der Waals surface area contributed by atoms with E-state index in [1.165, 1.54) is 4.90 Å². The van der Waals surface area contributed by atoms with Gasteiger partial charge in [0.25, 0.3) is 0 Å². The van der Waals surface area contributed by atoms with Crippen molar-refractivity contribution in [2.45, 2.75) is 72.0 Å². The van der Waals surface area contributed by atoms with Crippen molar-refractivity contribution < 1.29 is 18.0 Å². The van der Waals surface area contributed by atoms with Gasteiger partial charge in [0.05, 0.1) is 11.9 Å². The van der Waals surface area contributed by atoms with Crippen molar-refractivity contribution in [3.63, 3.8) is 0 Å². The van der Waals surface area contributed by atoms with Gasteiger partial charge in [-0.3, -0.25) is 13.9 Å². The molecular formula is C27H38ClN3O4S. The molecule has 0 heterocycles. The Balaban J connectivity index is 2.47. The number of hydrogen-bond acceptors (Lipinski definition) is 4. The Bertz CT molecular complexity index is 1160. The van der Waals surface area contributed by atoms with Gasteiger partial charge in [0.15, 0.2) is 0 Å². The van der Waals surface area contributed by atoms with Crippen molar-refractivity contribution in [3.05, 3.63) is 64.7 Å². The molecular weight excluding hydrogens is 498 g/mol. The van der Waals surface area contributed by atoms with Crippen LogP contribution in [0.25, 0.3) is 0 Å². The Hall–Kier alpha value is -2.58. The molecule has 7 nitrogen and oxygen atoms in total. The van der Waals surface area contributed by atoms with E-state index in [1.807, 2.05) is 53.7 Å². The molecule has 0 saturated heterocycles. The molecule has 0 bridgehead atoms. The highest BCUT2D eigenvalue weighted by Crippen LogP contribution is 2.24. The molecule has 0 aliphatic carbocycles. The Morgan fingerprint density at radius 3 is 2.08 bits per heavy atom. The molecule has 9 heteroatoms. The van der Waals surface area contributed by atoms with Gasteiger partial charge in [-0.15, -0.1) is 0 Å². The first kappa shape index (κ1) is 29.6. The number of amides is 2. The maximum Gasteiger partial charge on any atom is 0.244 e. The van der Waals surface area contributed by atoms with Gasteiger partial charge in [-0.1, -0.05) is 62.7 Å². The molecule has 2 aromatic carbocycles. The number of benzene rings is 2. The fraction of sp³-hybridized carbons (Fsp3) is 0.481. The van der Waals surface area contributed by atoms with E-state index in [4.69, 9.17) is 11.6 Å². The summed E-state index contributed by atoms with van der Waals surface area (Å²) in [6.45, 7) is 11.1. The zero-order valence-electron chi connectivity index (χ0n) is 22.2. The molecule has 0 spiro atoms. The smallest absolute Gasteiger partial charge is 0.244 e. The number of halogens is 1. The Kier molecular flexibility index (Phi) is 9.97. The first-order valence-corrected chi connectivity index (χ1v) is 14.3. The number of carbonyl (C=O) groups is 2. The molecule has 0 aliphatic rings. The van der Waals surface area contributed by atoms with Crippen molar-refractivity contribution in [2.75, 3.05) is 17.1 Å². The first-order valence-electron chi connectivity index (χ1n) is 12.1. The molecule has 0 aromatic heterocycles. The van der Waals surface area contributed by atoms with Crippen LogP contribution in [0.2, 0.25) is 5.02 Å². The molecule has 1 atom stereocenters. The average Bonchev–Trinajstić information content (AvgIpc) is 2.76. The van der Waals surface area contributed by atoms with E-state index in [9.17, 15) is 18.0 Å². The summed E-state index contributed by atoms with van der Waals surface area (Å²) < 4.78 is 26.6. The third kappa shape index (κ3) is 8.23. The molecule has 2 rings (SSSR count). The quantitative estimate of drug-likeness (QED) is 0.466. The highest BCUT2D eigenvalue weighted by molar-refractivity contribution is 7.92.